The normalized spacial score (nSPS) is 10.7. The zero-order valence-electron chi connectivity index (χ0n) is 10.8. The third-order valence-corrected chi connectivity index (χ3v) is 2.55. The van der Waals surface area contributed by atoms with Crippen molar-refractivity contribution in [3.8, 4) is 5.75 Å². The molecule has 1 heterocycles. The lowest BCUT2D eigenvalue weighted by atomic mass is 10.2. The van der Waals surface area contributed by atoms with Gasteiger partial charge in [-0.3, -0.25) is 9.78 Å². The van der Waals surface area contributed by atoms with E-state index in [1.807, 2.05) is 13.0 Å². The number of hydrogen-bond donors (Lipinski definition) is 2. The highest BCUT2D eigenvalue weighted by Crippen LogP contribution is 2.19. The zero-order valence-corrected chi connectivity index (χ0v) is 10.8. The number of carbonyl (C=O) groups excluding carboxylic acids is 1. The van der Waals surface area contributed by atoms with Crippen molar-refractivity contribution in [2.24, 2.45) is 0 Å². The molecule has 0 aliphatic carbocycles. The fourth-order valence-corrected chi connectivity index (χ4v) is 1.52. The van der Waals surface area contributed by atoms with Gasteiger partial charge in [0.25, 0.3) is 0 Å². The highest BCUT2D eigenvalue weighted by Gasteiger charge is 2.05. The van der Waals surface area contributed by atoms with Crippen molar-refractivity contribution in [3.63, 3.8) is 0 Å². The quantitative estimate of drug-likeness (QED) is 0.667. The highest BCUT2D eigenvalue weighted by atomic mass is 19.1. The summed E-state index contributed by atoms with van der Waals surface area (Å²) in [5, 5.41) is 11.5. The molecule has 1 amide bonds. The Morgan fingerprint density at radius 2 is 2.15 bits per heavy atom. The van der Waals surface area contributed by atoms with Crippen LogP contribution >= 0.6 is 0 Å². The lowest BCUT2D eigenvalue weighted by Gasteiger charge is -2.03. The van der Waals surface area contributed by atoms with E-state index in [0.717, 1.165) is 11.6 Å². The van der Waals surface area contributed by atoms with Gasteiger partial charge in [0.2, 0.25) is 5.91 Å². The molecule has 20 heavy (non-hydrogen) atoms. The molecule has 2 rings (SSSR count). The minimum Gasteiger partial charge on any atom is -0.508 e. The fourth-order valence-electron chi connectivity index (χ4n) is 1.52. The third-order valence-electron chi connectivity index (χ3n) is 2.55. The van der Waals surface area contributed by atoms with E-state index in [2.05, 4.69) is 10.3 Å². The number of aryl methyl sites for hydroxylation is 1. The van der Waals surface area contributed by atoms with Crippen LogP contribution in [0.5, 0.6) is 5.75 Å². The number of phenolic OH excluding ortho intramolecular Hbond substituents is 1. The first kappa shape index (κ1) is 13.7. The van der Waals surface area contributed by atoms with Crippen molar-refractivity contribution in [1.29, 1.82) is 0 Å². The molecule has 0 saturated heterocycles. The Morgan fingerprint density at radius 3 is 2.80 bits per heavy atom. The number of aromatic nitrogens is 1. The number of benzene rings is 1. The molecular formula is C15H13FN2O2. The van der Waals surface area contributed by atoms with Crippen LogP contribution in [0.2, 0.25) is 0 Å². The summed E-state index contributed by atoms with van der Waals surface area (Å²) in [7, 11) is 0. The molecule has 0 aliphatic heterocycles. The average Bonchev–Trinajstić information content (AvgIpc) is 2.41. The second-order valence-corrected chi connectivity index (χ2v) is 4.25. The van der Waals surface area contributed by atoms with Gasteiger partial charge in [-0.25, -0.2) is 4.39 Å². The van der Waals surface area contributed by atoms with E-state index in [9.17, 15) is 9.18 Å². The number of nitrogens with zero attached hydrogens (tertiary/aromatic N) is 1. The van der Waals surface area contributed by atoms with Crippen molar-refractivity contribution in [1.82, 2.24) is 4.98 Å². The van der Waals surface area contributed by atoms with E-state index in [1.165, 1.54) is 24.3 Å². The molecule has 5 heteroatoms. The van der Waals surface area contributed by atoms with Crippen LogP contribution < -0.4 is 5.32 Å². The molecule has 0 radical (unpaired) electrons. The largest absolute Gasteiger partial charge is 0.508 e. The van der Waals surface area contributed by atoms with E-state index >= 15 is 0 Å². The minimum atomic E-state index is -0.694. The van der Waals surface area contributed by atoms with Gasteiger partial charge in [-0.05, 0) is 36.8 Å². The van der Waals surface area contributed by atoms with Crippen LogP contribution in [0.15, 0.2) is 42.6 Å². The number of aromatic hydroxyl groups is 1. The molecule has 4 nitrogen and oxygen atoms in total. The first-order valence-electron chi connectivity index (χ1n) is 5.95. The van der Waals surface area contributed by atoms with Gasteiger partial charge in [-0.2, -0.15) is 0 Å². The first-order valence-corrected chi connectivity index (χ1v) is 5.95. The topological polar surface area (TPSA) is 62.2 Å². The van der Waals surface area contributed by atoms with Crippen molar-refractivity contribution in [3.05, 3.63) is 59.7 Å². The van der Waals surface area contributed by atoms with Gasteiger partial charge in [0.05, 0.1) is 11.4 Å². The Balaban J connectivity index is 2.03. The van der Waals surface area contributed by atoms with E-state index in [0.29, 0.717) is 5.69 Å². The second kappa shape index (κ2) is 5.97. The SMILES string of the molecule is Cc1ccc(/C=C/C(=O)Nc2ccc(O)cc2F)nc1. The Hall–Kier alpha value is -2.69. The Labute approximate surface area is 115 Å². The van der Waals surface area contributed by atoms with Crippen molar-refractivity contribution in [2.45, 2.75) is 6.92 Å². The molecule has 1 aromatic carbocycles. The monoisotopic (exact) mass is 272 g/mol. The van der Waals surface area contributed by atoms with Crippen LogP contribution in [0.4, 0.5) is 10.1 Å². The van der Waals surface area contributed by atoms with Gasteiger partial charge in [-0.1, -0.05) is 6.07 Å². The third kappa shape index (κ3) is 3.65. The summed E-state index contributed by atoms with van der Waals surface area (Å²) in [4.78, 5) is 15.7. The Morgan fingerprint density at radius 1 is 1.35 bits per heavy atom. The number of pyridine rings is 1. The standard InChI is InChI=1S/C15H13FN2O2/c1-10-2-3-11(17-9-10)4-7-15(20)18-14-6-5-12(19)8-13(14)16/h2-9,19H,1H3,(H,18,20)/b7-4+. The van der Waals surface area contributed by atoms with Gasteiger partial charge >= 0.3 is 0 Å². The fraction of sp³-hybridized carbons (Fsp3) is 0.0667. The number of halogens is 1. The maximum Gasteiger partial charge on any atom is 0.248 e. The molecule has 0 saturated carbocycles. The van der Waals surface area contributed by atoms with Crippen molar-refractivity contribution in [2.75, 3.05) is 5.32 Å². The predicted molar refractivity (Wildman–Crippen MR) is 74.7 cm³/mol. The molecule has 0 spiro atoms. The van der Waals surface area contributed by atoms with Gasteiger partial charge in [0.15, 0.2) is 0 Å². The molecule has 0 fully saturated rings. The average molecular weight is 272 g/mol. The van der Waals surface area contributed by atoms with E-state index in [1.54, 1.807) is 12.3 Å². The first-order chi connectivity index (χ1) is 9.54. The van der Waals surface area contributed by atoms with Crippen LogP contribution in [-0.2, 0) is 4.79 Å². The highest BCUT2D eigenvalue weighted by molar-refractivity contribution is 6.01. The molecule has 102 valence electrons. The van der Waals surface area contributed by atoms with Crippen LogP contribution in [0.1, 0.15) is 11.3 Å². The Bertz CT molecular complexity index is 651. The van der Waals surface area contributed by atoms with Gasteiger partial charge in [0.1, 0.15) is 11.6 Å². The summed E-state index contributed by atoms with van der Waals surface area (Å²) in [6, 6.07) is 7.18. The molecule has 0 unspecified atom stereocenters. The summed E-state index contributed by atoms with van der Waals surface area (Å²) in [6.45, 7) is 1.92. The number of nitrogens with one attached hydrogen (secondary N) is 1. The summed E-state index contributed by atoms with van der Waals surface area (Å²) in [5.41, 5.74) is 1.67. The molecule has 0 atom stereocenters. The van der Waals surface area contributed by atoms with Gasteiger partial charge < -0.3 is 10.4 Å². The van der Waals surface area contributed by atoms with Crippen molar-refractivity contribution < 1.29 is 14.3 Å². The number of amides is 1. The molecule has 2 N–H and O–H groups in total. The lowest BCUT2D eigenvalue weighted by molar-refractivity contribution is -0.111. The number of carbonyl (C=O) groups is 1. The zero-order chi connectivity index (χ0) is 14.5. The maximum absolute atomic E-state index is 13.4. The van der Waals surface area contributed by atoms with E-state index in [4.69, 9.17) is 5.11 Å². The lowest BCUT2D eigenvalue weighted by Crippen LogP contribution is -2.09. The molecule has 0 bridgehead atoms. The van der Waals surface area contributed by atoms with Crippen LogP contribution in [-0.4, -0.2) is 16.0 Å². The Kier molecular flexibility index (Phi) is 4.10. The second-order valence-electron chi connectivity index (χ2n) is 4.25. The number of anilines is 1. The van der Waals surface area contributed by atoms with Gasteiger partial charge in [0, 0.05) is 18.3 Å². The summed E-state index contributed by atoms with van der Waals surface area (Å²) in [6.07, 6.45) is 4.49. The molecule has 0 aliphatic rings. The minimum absolute atomic E-state index is 0.00863. The van der Waals surface area contributed by atoms with E-state index in [-0.39, 0.29) is 11.4 Å². The van der Waals surface area contributed by atoms with Crippen molar-refractivity contribution >= 4 is 17.7 Å². The van der Waals surface area contributed by atoms with Crippen LogP contribution in [0.25, 0.3) is 6.08 Å². The smallest absolute Gasteiger partial charge is 0.248 e. The molecule has 2 aromatic rings. The van der Waals surface area contributed by atoms with E-state index < -0.39 is 11.7 Å². The molecule has 1 aromatic heterocycles. The summed E-state index contributed by atoms with van der Waals surface area (Å²) < 4.78 is 13.4. The summed E-state index contributed by atoms with van der Waals surface area (Å²) >= 11 is 0. The maximum atomic E-state index is 13.4. The van der Waals surface area contributed by atoms with Gasteiger partial charge in [-0.15, -0.1) is 0 Å². The predicted octanol–water partition coefficient (Wildman–Crippen LogP) is 2.89. The van der Waals surface area contributed by atoms with Crippen LogP contribution in [0.3, 0.4) is 0 Å². The van der Waals surface area contributed by atoms with Crippen LogP contribution in [0, 0.1) is 12.7 Å². The number of phenols is 1. The molecular weight excluding hydrogens is 259 g/mol. The number of rotatable bonds is 3. The summed E-state index contributed by atoms with van der Waals surface area (Å²) in [5.74, 6) is -1.36. The number of hydrogen-bond acceptors (Lipinski definition) is 3.